The first-order chi connectivity index (χ1) is 13.7. The third kappa shape index (κ3) is 22.5. The van der Waals surface area contributed by atoms with Gasteiger partial charge in [0.1, 0.15) is 0 Å². The van der Waals surface area contributed by atoms with Crippen LogP contribution in [0.5, 0.6) is 0 Å². The van der Waals surface area contributed by atoms with Gasteiger partial charge in [-0.25, -0.2) is 9.59 Å². The largest absolute Gasteiger partial charge is 0.478 e. The Kier molecular flexibility index (Phi) is 20.5. The van der Waals surface area contributed by atoms with Crippen LogP contribution in [0.15, 0.2) is 24.3 Å². The molecule has 0 aromatic rings. The molecule has 0 bridgehead atoms. The van der Waals surface area contributed by atoms with Crippen molar-refractivity contribution in [2.24, 2.45) is 0 Å². The van der Waals surface area contributed by atoms with Gasteiger partial charge >= 0.3 is 11.9 Å². The Balaban J connectivity index is 3.21. The molecule has 0 aliphatic carbocycles. The third-order valence-electron chi connectivity index (χ3n) is 4.76. The van der Waals surface area contributed by atoms with Gasteiger partial charge in [0, 0.05) is 12.2 Å². The summed E-state index contributed by atoms with van der Waals surface area (Å²) in [5.41, 5.74) is 0. The van der Waals surface area contributed by atoms with Crippen molar-refractivity contribution in [1.29, 1.82) is 0 Å². The molecular weight excluding hydrogens is 352 g/mol. The molecular formula is C24H42O4. The highest BCUT2D eigenvalue weighted by molar-refractivity contribution is 5.90. The molecule has 0 rings (SSSR count). The minimum Gasteiger partial charge on any atom is -0.478 e. The van der Waals surface area contributed by atoms with Crippen molar-refractivity contribution in [2.75, 3.05) is 6.61 Å². The minimum absolute atomic E-state index is 0.365. The Hall–Kier alpha value is -1.58. The van der Waals surface area contributed by atoms with Crippen molar-refractivity contribution in [3.05, 3.63) is 24.3 Å². The lowest BCUT2D eigenvalue weighted by Gasteiger charge is -2.02. The highest BCUT2D eigenvalue weighted by atomic mass is 16.5. The van der Waals surface area contributed by atoms with E-state index in [1.54, 1.807) is 0 Å². The van der Waals surface area contributed by atoms with Crippen LogP contribution >= 0.6 is 0 Å². The number of carboxylic acids is 1. The number of rotatable bonds is 20. The smallest absolute Gasteiger partial charge is 0.331 e. The van der Waals surface area contributed by atoms with E-state index in [1.165, 1.54) is 83.5 Å². The number of unbranched alkanes of at least 4 members (excludes halogenated alkanes) is 14. The summed E-state index contributed by atoms with van der Waals surface area (Å²) in [5.74, 6) is -1.72. The molecule has 0 fully saturated rings. The first-order valence-corrected chi connectivity index (χ1v) is 11.4. The van der Waals surface area contributed by atoms with Gasteiger partial charge in [-0.05, 0) is 32.1 Å². The lowest BCUT2D eigenvalue weighted by atomic mass is 10.1. The van der Waals surface area contributed by atoms with E-state index >= 15 is 0 Å². The molecule has 0 saturated heterocycles. The predicted molar refractivity (Wildman–Crippen MR) is 116 cm³/mol. The molecule has 0 radical (unpaired) electrons. The van der Waals surface area contributed by atoms with Crippen LogP contribution in [0, 0.1) is 0 Å². The highest BCUT2D eigenvalue weighted by Gasteiger charge is 1.98. The van der Waals surface area contributed by atoms with E-state index < -0.39 is 11.9 Å². The van der Waals surface area contributed by atoms with Crippen molar-refractivity contribution >= 4 is 11.9 Å². The third-order valence-corrected chi connectivity index (χ3v) is 4.76. The van der Waals surface area contributed by atoms with Crippen molar-refractivity contribution in [2.45, 2.75) is 110 Å². The average Bonchev–Trinajstić information content (AvgIpc) is 2.68. The van der Waals surface area contributed by atoms with Crippen LogP contribution in [-0.2, 0) is 14.3 Å². The van der Waals surface area contributed by atoms with Gasteiger partial charge in [0.2, 0.25) is 0 Å². The van der Waals surface area contributed by atoms with Gasteiger partial charge in [-0.3, -0.25) is 0 Å². The zero-order valence-corrected chi connectivity index (χ0v) is 18.0. The van der Waals surface area contributed by atoms with Crippen molar-refractivity contribution in [1.82, 2.24) is 0 Å². The first kappa shape index (κ1) is 26.4. The van der Waals surface area contributed by atoms with E-state index in [2.05, 4.69) is 19.1 Å². The second-order valence-corrected chi connectivity index (χ2v) is 7.48. The number of esters is 1. The summed E-state index contributed by atoms with van der Waals surface area (Å²) in [7, 11) is 0. The summed E-state index contributed by atoms with van der Waals surface area (Å²) in [5, 5.41) is 8.40. The number of carbonyl (C=O) groups excluding carboxylic acids is 1. The molecule has 162 valence electrons. The fourth-order valence-corrected chi connectivity index (χ4v) is 3.06. The van der Waals surface area contributed by atoms with Crippen LogP contribution in [0.25, 0.3) is 0 Å². The normalized spacial score (nSPS) is 11.5. The number of carboxylic acid groups (broad SMARTS) is 1. The SMILES string of the molecule is CCCCCCCCCC/C=C\CCCCCCCCOC(=O)/C=C\C(=O)O. The summed E-state index contributed by atoms with van der Waals surface area (Å²) in [6.07, 6.45) is 26.7. The van der Waals surface area contributed by atoms with Crippen LogP contribution in [-0.4, -0.2) is 23.7 Å². The second-order valence-electron chi connectivity index (χ2n) is 7.48. The van der Waals surface area contributed by atoms with Crippen LogP contribution < -0.4 is 0 Å². The maximum Gasteiger partial charge on any atom is 0.331 e. The number of carbonyl (C=O) groups is 2. The van der Waals surface area contributed by atoms with Crippen molar-refractivity contribution in [3.63, 3.8) is 0 Å². The van der Waals surface area contributed by atoms with Gasteiger partial charge in [0.05, 0.1) is 6.61 Å². The van der Waals surface area contributed by atoms with Gasteiger partial charge in [0.25, 0.3) is 0 Å². The number of hydrogen-bond donors (Lipinski definition) is 1. The zero-order chi connectivity index (χ0) is 20.7. The molecule has 0 unspecified atom stereocenters. The fourth-order valence-electron chi connectivity index (χ4n) is 3.06. The predicted octanol–water partition coefficient (Wildman–Crippen LogP) is 6.99. The molecule has 0 aliphatic heterocycles. The fraction of sp³-hybridized carbons (Fsp3) is 0.750. The summed E-state index contributed by atoms with van der Waals surface area (Å²) in [6, 6.07) is 0. The number of hydrogen-bond acceptors (Lipinski definition) is 3. The molecule has 0 saturated carbocycles. The molecule has 4 heteroatoms. The Morgan fingerprint density at radius 1 is 0.679 bits per heavy atom. The Morgan fingerprint density at radius 2 is 1.14 bits per heavy atom. The Bertz CT molecular complexity index is 426. The standard InChI is InChI=1S/C24H42O4/c1-2-3-4-5-6-7-8-9-10-11-12-13-14-15-16-17-18-19-22-28-24(27)21-20-23(25)26/h11-12,20-21H,2-10,13-19,22H2,1H3,(H,25,26)/b12-11-,21-20-. The van der Waals surface area contributed by atoms with Crippen LogP contribution in [0.1, 0.15) is 110 Å². The number of allylic oxidation sites excluding steroid dienone is 2. The van der Waals surface area contributed by atoms with Crippen molar-refractivity contribution < 1.29 is 19.4 Å². The van der Waals surface area contributed by atoms with E-state index in [0.29, 0.717) is 6.61 Å². The molecule has 0 aromatic carbocycles. The summed E-state index contributed by atoms with van der Waals surface area (Å²) < 4.78 is 4.92. The molecule has 1 N–H and O–H groups in total. The van der Waals surface area contributed by atoms with Gasteiger partial charge in [-0.1, -0.05) is 89.7 Å². The second kappa shape index (κ2) is 21.7. The molecule has 0 spiro atoms. The van der Waals surface area contributed by atoms with Gasteiger partial charge in [-0.15, -0.1) is 0 Å². The van der Waals surface area contributed by atoms with E-state index in [-0.39, 0.29) is 0 Å². The Morgan fingerprint density at radius 3 is 1.64 bits per heavy atom. The maximum absolute atomic E-state index is 11.2. The lowest BCUT2D eigenvalue weighted by Crippen LogP contribution is -2.03. The molecule has 28 heavy (non-hydrogen) atoms. The van der Waals surface area contributed by atoms with E-state index in [0.717, 1.165) is 31.4 Å². The maximum atomic E-state index is 11.2. The molecule has 0 amide bonds. The van der Waals surface area contributed by atoms with E-state index in [9.17, 15) is 9.59 Å². The summed E-state index contributed by atoms with van der Waals surface area (Å²) >= 11 is 0. The average molecular weight is 395 g/mol. The highest BCUT2D eigenvalue weighted by Crippen LogP contribution is 2.11. The van der Waals surface area contributed by atoms with Crippen LogP contribution in [0.2, 0.25) is 0 Å². The van der Waals surface area contributed by atoms with E-state index in [1.807, 2.05) is 0 Å². The molecule has 4 nitrogen and oxygen atoms in total. The Labute approximate surface area is 172 Å². The van der Waals surface area contributed by atoms with Gasteiger partial charge in [-0.2, -0.15) is 0 Å². The number of ether oxygens (including phenoxy) is 1. The minimum atomic E-state index is -1.14. The summed E-state index contributed by atoms with van der Waals surface area (Å²) in [6.45, 7) is 2.63. The summed E-state index contributed by atoms with van der Waals surface area (Å²) in [4.78, 5) is 21.4. The van der Waals surface area contributed by atoms with Gasteiger partial charge in [0.15, 0.2) is 0 Å². The quantitative estimate of drug-likeness (QED) is 0.105. The zero-order valence-electron chi connectivity index (χ0n) is 18.0. The molecule has 0 aromatic heterocycles. The topological polar surface area (TPSA) is 63.6 Å². The van der Waals surface area contributed by atoms with Crippen molar-refractivity contribution in [3.8, 4) is 0 Å². The van der Waals surface area contributed by atoms with Crippen LogP contribution in [0.4, 0.5) is 0 Å². The molecule has 0 aliphatic rings. The van der Waals surface area contributed by atoms with Gasteiger partial charge < -0.3 is 9.84 Å². The monoisotopic (exact) mass is 394 g/mol. The van der Waals surface area contributed by atoms with Crippen LogP contribution in [0.3, 0.4) is 0 Å². The first-order valence-electron chi connectivity index (χ1n) is 11.4. The van der Waals surface area contributed by atoms with E-state index in [4.69, 9.17) is 9.84 Å². The molecule has 0 heterocycles. The number of aliphatic carboxylic acids is 1. The molecule has 0 atom stereocenters. The lowest BCUT2D eigenvalue weighted by molar-refractivity contribution is -0.138.